The van der Waals surface area contributed by atoms with Gasteiger partial charge in [-0.1, -0.05) is 17.4 Å². The van der Waals surface area contributed by atoms with Crippen molar-refractivity contribution < 1.29 is 18.7 Å². The second-order valence-electron chi connectivity index (χ2n) is 6.22. The Labute approximate surface area is 162 Å². The molecule has 0 saturated heterocycles. The molecule has 0 aliphatic carbocycles. The lowest BCUT2D eigenvalue weighted by molar-refractivity contribution is 0.102. The van der Waals surface area contributed by atoms with Crippen molar-refractivity contribution in [2.45, 2.75) is 6.92 Å². The molecule has 1 N–H and O–H groups in total. The number of nitrogens with zero attached hydrogens (tertiary/aromatic N) is 3. The van der Waals surface area contributed by atoms with Gasteiger partial charge in [-0.2, -0.15) is 9.78 Å². The number of aromatic nitrogens is 3. The molecule has 1 amide bonds. The van der Waals surface area contributed by atoms with Crippen LogP contribution in [-0.4, -0.2) is 27.5 Å². The first-order valence-corrected chi connectivity index (χ1v) is 9.22. The molecular weight excluding hydrogens is 383 g/mol. The highest BCUT2D eigenvalue weighted by molar-refractivity contribution is 7.20. The molecule has 0 saturated carbocycles. The van der Waals surface area contributed by atoms with Gasteiger partial charge in [0, 0.05) is 23.8 Å². The van der Waals surface area contributed by atoms with E-state index < -0.39 is 11.7 Å². The molecule has 0 bridgehead atoms. The van der Waals surface area contributed by atoms with Crippen molar-refractivity contribution in [1.29, 1.82) is 0 Å². The van der Waals surface area contributed by atoms with Crippen molar-refractivity contribution in [2.75, 3.05) is 12.1 Å². The lowest BCUT2D eigenvalue weighted by Gasteiger charge is -2.06. The third-order valence-corrected chi connectivity index (χ3v) is 5.21. The van der Waals surface area contributed by atoms with E-state index in [1.54, 1.807) is 16.8 Å². The third kappa shape index (κ3) is 2.85. The highest BCUT2D eigenvalue weighted by Crippen LogP contribution is 2.38. The van der Waals surface area contributed by atoms with Crippen molar-refractivity contribution in [3.63, 3.8) is 0 Å². The summed E-state index contributed by atoms with van der Waals surface area (Å²) >= 11 is 1.41. The van der Waals surface area contributed by atoms with Crippen molar-refractivity contribution in [3.05, 3.63) is 59.5 Å². The molecule has 28 heavy (non-hydrogen) atoms. The average molecular weight is 396 g/mol. The summed E-state index contributed by atoms with van der Waals surface area (Å²) in [5.74, 6) is 0.883. The van der Waals surface area contributed by atoms with Crippen molar-refractivity contribution in [2.24, 2.45) is 0 Å². The molecular formula is C19H13FN4O3S. The molecule has 7 nitrogen and oxygen atoms in total. The largest absolute Gasteiger partial charge is 0.454 e. The van der Waals surface area contributed by atoms with Crippen LogP contribution in [0.3, 0.4) is 0 Å². The van der Waals surface area contributed by atoms with E-state index >= 15 is 0 Å². The number of amides is 1. The maximum absolute atomic E-state index is 13.4. The fraction of sp³-hybridized carbons (Fsp3) is 0.105. The molecule has 140 valence electrons. The fourth-order valence-corrected chi connectivity index (χ4v) is 3.89. The van der Waals surface area contributed by atoms with Gasteiger partial charge in [-0.15, -0.1) is 0 Å². The minimum absolute atomic E-state index is 0.202. The minimum atomic E-state index is -0.471. The van der Waals surface area contributed by atoms with E-state index in [0.717, 1.165) is 10.2 Å². The molecule has 1 aliphatic rings. The summed E-state index contributed by atoms with van der Waals surface area (Å²) in [7, 11) is 0. The Bertz CT molecular complexity index is 1190. The average Bonchev–Trinajstić information content (AvgIpc) is 3.37. The van der Waals surface area contributed by atoms with Crippen LogP contribution in [0.15, 0.2) is 42.5 Å². The van der Waals surface area contributed by atoms with Crippen LogP contribution in [-0.2, 0) is 0 Å². The lowest BCUT2D eigenvalue weighted by Crippen LogP contribution is -2.15. The van der Waals surface area contributed by atoms with Gasteiger partial charge in [0.1, 0.15) is 11.6 Å². The topological polar surface area (TPSA) is 78.3 Å². The SMILES string of the molecule is Cc1cc(NC(=O)c2cccc(F)c2)n(-c2nc3cc4c(cc3s2)OCO4)n1. The van der Waals surface area contributed by atoms with Gasteiger partial charge in [0.25, 0.3) is 5.91 Å². The van der Waals surface area contributed by atoms with Gasteiger partial charge < -0.3 is 14.8 Å². The second kappa shape index (κ2) is 6.31. The lowest BCUT2D eigenvalue weighted by atomic mass is 10.2. The smallest absolute Gasteiger partial charge is 0.256 e. The van der Waals surface area contributed by atoms with E-state index in [9.17, 15) is 9.18 Å². The summed E-state index contributed by atoms with van der Waals surface area (Å²) in [6.07, 6.45) is 0. The van der Waals surface area contributed by atoms with Crippen LogP contribution in [0.2, 0.25) is 0 Å². The molecule has 2 aromatic heterocycles. The molecule has 9 heteroatoms. The number of hydrogen-bond acceptors (Lipinski definition) is 6. The number of anilines is 1. The quantitative estimate of drug-likeness (QED) is 0.568. The van der Waals surface area contributed by atoms with Crippen LogP contribution in [0.5, 0.6) is 11.5 Å². The molecule has 0 radical (unpaired) electrons. The Kier molecular flexibility index (Phi) is 3.76. The number of ether oxygens (including phenoxy) is 2. The van der Waals surface area contributed by atoms with Crippen LogP contribution in [0, 0.1) is 12.7 Å². The first-order chi connectivity index (χ1) is 13.6. The molecule has 0 unspecified atom stereocenters. The normalized spacial score (nSPS) is 12.5. The summed E-state index contributed by atoms with van der Waals surface area (Å²) in [6, 6.07) is 10.9. The zero-order valence-electron chi connectivity index (χ0n) is 14.6. The van der Waals surface area contributed by atoms with E-state index in [1.165, 1.54) is 29.5 Å². The van der Waals surface area contributed by atoms with Gasteiger partial charge in [0.2, 0.25) is 11.9 Å². The molecule has 1 aliphatic heterocycles. The monoisotopic (exact) mass is 396 g/mol. The maximum atomic E-state index is 13.4. The number of hydrogen-bond donors (Lipinski definition) is 1. The Morgan fingerprint density at radius 1 is 1.21 bits per heavy atom. The van der Waals surface area contributed by atoms with E-state index in [-0.39, 0.29) is 12.4 Å². The number of thiazole rings is 1. The second-order valence-corrected chi connectivity index (χ2v) is 7.23. The summed E-state index contributed by atoms with van der Waals surface area (Å²) < 4.78 is 26.7. The first-order valence-electron chi connectivity index (χ1n) is 8.41. The Morgan fingerprint density at radius 3 is 2.86 bits per heavy atom. The fourth-order valence-electron chi connectivity index (χ4n) is 2.95. The summed E-state index contributed by atoms with van der Waals surface area (Å²) in [5, 5.41) is 7.79. The number of benzene rings is 2. The van der Waals surface area contributed by atoms with Crippen LogP contribution < -0.4 is 14.8 Å². The molecule has 0 fully saturated rings. The Morgan fingerprint density at radius 2 is 2.04 bits per heavy atom. The van der Waals surface area contributed by atoms with Crippen LogP contribution >= 0.6 is 11.3 Å². The zero-order chi connectivity index (χ0) is 19.3. The molecule has 0 atom stereocenters. The van der Waals surface area contributed by atoms with E-state index in [1.807, 2.05) is 19.1 Å². The molecule has 4 aromatic rings. The van der Waals surface area contributed by atoms with Gasteiger partial charge in [0.05, 0.1) is 15.9 Å². The number of carbonyl (C=O) groups is 1. The van der Waals surface area contributed by atoms with Gasteiger partial charge >= 0.3 is 0 Å². The first kappa shape index (κ1) is 16.7. The van der Waals surface area contributed by atoms with Gasteiger partial charge in [-0.05, 0) is 25.1 Å². The number of halogens is 1. The van der Waals surface area contributed by atoms with Crippen LogP contribution in [0.4, 0.5) is 10.2 Å². The highest BCUT2D eigenvalue weighted by Gasteiger charge is 2.19. The number of rotatable bonds is 3. The van der Waals surface area contributed by atoms with Crippen molar-refractivity contribution in [1.82, 2.24) is 14.8 Å². The van der Waals surface area contributed by atoms with Gasteiger partial charge in [0.15, 0.2) is 11.5 Å². The number of aryl methyl sites for hydroxylation is 1. The number of fused-ring (bicyclic) bond motifs is 2. The predicted molar refractivity (Wildman–Crippen MR) is 102 cm³/mol. The molecule has 5 rings (SSSR count). The summed E-state index contributed by atoms with van der Waals surface area (Å²) in [5.41, 5.74) is 1.68. The van der Waals surface area contributed by atoms with Gasteiger partial charge in [-0.25, -0.2) is 9.37 Å². The predicted octanol–water partition coefficient (Wildman–Crippen LogP) is 3.91. The van der Waals surface area contributed by atoms with Crippen molar-refractivity contribution in [3.8, 4) is 16.6 Å². The van der Waals surface area contributed by atoms with Crippen LogP contribution in [0.25, 0.3) is 15.3 Å². The van der Waals surface area contributed by atoms with E-state index in [4.69, 9.17) is 9.47 Å². The molecule has 3 heterocycles. The molecule has 2 aromatic carbocycles. The molecule has 0 spiro atoms. The Balaban J connectivity index is 1.51. The zero-order valence-corrected chi connectivity index (χ0v) is 15.4. The minimum Gasteiger partial charge on any atom is -0.454 e. The van der Waals surface area contributed by atoms with Crippen molar-refractivity contribution >= 4 is 33.3 Å². The standard InChI is InChI=1S/C19H13FN4O3S/c1-10-5-17(22-18(25)11-3-2-4-12(20)6-11)24(23-10)19-21-13-7-14-15(27-9-26-14)8-16(13)28-19/h2-8H,9H2,1H3,(H,22,25). The van der Waals surface area contributed by atoms with E-state index in [2.05, 4.69) is 15.4 Å². The third-order valence-electron chi connectivity index (χ3n) is 4.21. The van der Waals surface area contributed by atoms with Crippen LogP contribution in [0.1, 0.15) is 16.1 Å². The van der Waals surface area contributed by atoms with Gasteiger partial charge in [-0.3, -0.25) is 4.79 Å². The maximum Gasteiger partial charge on any atom is 0.256 e. The summed E-state index contributed by atoms with van der Waals surface area (Å²) in [4.78, 5) is 17.1. The number of nitrogens with one attached hydrogen (secondary N) is 1. The summed E-state index contributed by atoms with van der Waals surface area (Å²) in [6.45, 7) is 2.02. The van der Waals surface area contributed by atoms with E-state index in [0.29, 0.717) is 28.1 Å². The highest BCUT2D eigenvalue weighted by atomic mass is 32.1. The Hall–Kier alpha value is -3.46. The number of carbonyl (C=O) groups excluding carboxylic acids is 1.